The van der Waals surface area contributed by atoms with Crippen molar-refractivity contribution in [1.29, 1.82) is 0 Å². The standard InChI is InChI=1S/C18H20FNO2/c1-12(2)13-8-6-9-14(19)16(13)15-10-7-11-20(15)17(21)22-18(3,4)5/h6-11H,1H2,2-5H3. The van der Waals surface area contributed by atoms with Crippen LogP contribution in [0.4, 0.5) is 9.18 Å². The predicted molar refractivity (Wildman–Crippen MR) is 86.2 cm³/mol. The first-order chi connectivity index (χ1) is 10.2. The van der Waals surface area contributed by atoms with Gasteiger partial charge >= 0.3 is 6.09 Å². The summed E-state index contributed by atoms with van der Waals surface area (Å²) in [6, 6.07) is 8.16. The Balaban J connectivity index is 2.55. The molecule has 4 heteroatoms. The first-order valence-corrected chi connectivity index (χ1v) is 7.06. The Hall–Kier alpha value is -2.36. The lowest BCUT2D eigenvalue weighted by Crippen LogP contribution is -2.27. The van der Waals surface area contributed by atoms with Gasteiger partial charge in [0.1, 0.15) is 11.4 Å². The summed E-state index contributed by atoms with van der Waals surface area (Å²) in [6.07, 6.45) is 1.03. The normalized spacial score (nSPS) is 11.3. The molecule has 0 saturated carbocycles. The number of carbonyl (C=O) groups excluding carboxylic acids is 1. The van der Waals surface area contributed by atoms with E-state index in [9.17, 15) is 9.18 Å². The molecule has 2 rings (SSSR count). The van der Waals surface area contributed by atoms with Crippen molar-refractivity contribution in [2.24, 2.45) is 0 Å². The van der Waals surface area contributed by atoms with Crippen LogP contribution in [0.15, 0.2) is 43.1 Å². The second-order valence-electron chi connectivity index (χ2n) is 6.19. The van der Waals surface area contributed by atoms with Gasteiger partial charge in [-0.25, -0.2) is 9.18 Å². The van der Waals surface area contributed by atoms with Gasteiger partial charge in [-0.05, 0) is 51.5 Å². The highest BCUT2D eigenvalue weighted by Crippen LogP contribution is 2.31. The van der Waals surface area contributed by atoms with Gasteiger partial charge in [-0.15, -0.1) is 0 Å². The molecule has 0 radical (unpaired) electrons. The molecule has 0 unspecified atom stereocenters. The maximum Gasteiger partial charge on any atom is 0.418 e. The summed E-state index contributed by atoms with van der Waals surface area (Å²) in [5, 5.41) is 0. The second-order valence-corrected chi connectivity index (χ2v) is 6.19. The van der Waals surface area contributed by atoms with E-state index in [0.29, 0.717) is 16.8 Å². The summed E-state index contributed by atoms with van der Waals surface area (Å²) in [5.41, 5.74) is 1.58. The molecule has 22 heavy (non-hydrogen) atoms. The minimum atomic E-state index is -0.620. The zero-order valence-corrected chi connectivity index (χ0v) is 13.3. The zero-order chi connectivity index (χ0) is 16.5. The molecule has 1 aromatic heterocycles. The van der Waals surface area contributed by atoms with Crippen molar-refractivity contribution in [3.63, 3.8) is 0 Å². The van der Waals surface area contributed by atoms with E-state index in [4.69, 9.17) is 4.74 Å². The number of aromatic nitrogens is 1. The molecule has 0 aliphatic carbocycles. The van der Waals surface area contributed by atoms with Crippen LogP contribution in [-0.4, -0.2) is 16.3 Å². The molecule has 0 fully saturated rings. The molecule has 1 aromatic carbocycles. The first kappa shape index (κ1) is 16.0. The molecule has 2 aromatic rings. The topological polar surface area (TPSA) is 31.2 Å². The zero-order valence-electron chi connectivity index (χ0n) is 13.3. The molecule has 0 atom stereocenters. The van der Waals surface area contributed by atoms with Gasteiger partial charge in [0.25, 0.3) is 0 Å². The van der Waals surface area contributed by atoms with Crippen molar-refractivity contribution < 1.29 is 13.9 Å². The lowest BCUT2D eigenvalue weighted by Gasteiger charge is -2.21. The van der Waals surface area contributed by atoms with Gasteiger partial charge < -0.3 is 4.74 Å². The molecule has 1 heterocycles. The number of allylic oxidation sites excluding steroid dienone is 1. The number of carbonyl (C=O) groups is 1. The minimum absolute atomic E-state index is 0.353. The fourth-order valence-corrected chi connectivity index (χ4v) is 2.20. The van der Waals surface area contributed by atoms with Crippen LogP contribution in [0.2, 0.25) is 0 Å². The molecular formula is C18H20FNO2. The number of ether oxygens (including phenoxy) is 1. The van der Waals surface area contributed by atoms with Crippen molar-refractivity contribution in [3.05, 3.63) is 54.5 Å². The van der Waals surface area contributed by atoms with Gasteiger partial charge in [-0.2, -0.15) is 0 Å². The van der Waals surface area contributed by atoms with E-state index in [-0.39, 0.29) is 0 Å². The minimum Gasteiger partial charge on any atom is -0.443 e. The van der Waals surface area contributed by atoms with Gasteiger partial charge in [-0.3, -0.25) is 4.57 Å². The lowest BCUT2D eigenvalue weighted by molar-refractivity contribution is 0.0540. The molecule has 0 spiro atoms. The lowest BCUT2D eigenvalue weighted by atomic mass is 9.99. The third-order valence-electron chi connectivity index (χ3n) is 3.07. The Labute approximate surface area is 130 Å². The fourth-order valence-electron chi connectivity index (χ4n) is 2.20. The Morgan fingerprint density at radius 3 is 2.50 bits per heavy atom. The van der Waals surface area contributed by atoms with Gasteiger partial charge in [-0.1, -0.05) is 24.3 Å². The number of rotatable bonds is 2. The monoisotopic (exact) mass is 301 g/mol. The van der Waals surface area contributed by atoms with Crippen molar-refractivity contribution >= 4 is 11.7 Å². The maximum atomic E-state index is 14.3. The van der Waals surface area contributed by atoms with Crippen LogP contribution in [0, 0.1) is 5.82 Å². The van der Waals surface area contributed by atoms with E-state index in [2.05, 4.69) is 6.58 Å². The number of hydrogen-bond donors (Lipinski definition) is 0. The van der Waals surface area contributed by atoms with Gasteiger partial charge in [0.2, 0.25) is 0 Å². The highest BCUT2D eigenvalue weighted by Gasteiger charge is 2.22. The van der Waals surface area contributed by atoms with Crippen LogP contribution in [0.3, 0.4) is 0 Å². The van der Waals surface area contributed by atoms with Crippen LogP contribution in [-0.2, 0) is 4.74 Å². The van der Waals surface area contributed by atoms with E-state index in [1.807, 2.05) is 0 Å². The third-order valence-corrected chi connectivity index (χ3v) is 3.07. The van der Waals surface area contributed by atoms with Crippen LogP contribution in [0.25, 0.3) is 16.8 Å². The van der Waals surface area contributed by atoms with Crippen LogP contribution in [0.1, 0.15) is 33.3 Å². The van der Waals surface area contributed by atoms with E-state index in [1.54, 1.807) is 58.2 Å². The van der Waals surface area contributed by atoms with E-state index in [0.717, 1.165) is 5.57 Å². The number of benzene rings is 1. The average Bonchev–Trinajstić information content (AvgIpc) is 2.85. The van der Waals surface area contributed by atoms with Crippen LogP contribution >= 0.6 is 0 Å². The summed E-state index contributed by atoms with van der Waals surface area (Å²) in [4.78, 5) is 12.3. The smallest absolute Gasteiger partial charge is 0.418 e. The Kier molecular flexibility index (Phi) is 4.22. The summed E-state index contributed by atoms with van der Waals surface area (Å²) >= 11 is 0. The fraction of sp³-hybridized carbons (Fsp3) is 0.278. The molecular weight excluding hydrogens is 281 g/mol. The summed E-state index contributed by atoms with van der Waals surface area (Å²) in [7, 11) is 0. The largest absolute Gasteiger partial charge is 0.443 e. The number of halogens is 1. The van der Waals surface area contributed by atoms with Crippen molar-refractivity contribution in [2.75, 3.05) is 0 Å². The first-order valence-electron chi connectivity index (χ1n) is 7.06. The molecule has 0 amide bonds. The molecule has 0 bridgehead atoms. The Bertz CT molecular complexity index is 723. The van der Waals surface area contributed by atoms with Crippen molar-refractivity contribution in [3.8, 4) is 11.3 Å². The molecule has 0 saturated heterocycles. The molecule has 3 nitrogen and oxygen atoms in total. The van der Waals surface area contributed by atoms with Crippen molar-refractivity contribution in [1.82, 2.24) is 4.57 Å². The summed E-state index contributed by atoms with van der Waals surface area (Å²) < 4.78 is 21.0. The molecule has 0 N–H and O–H groups in total. The van der Waals surface area contributed by atoms with E-state index < -0.39 is 17.5 Å². The van der Waals surface area contributed by atoms with E-state index >= 15 is 0 Å². The highest BCUT2D eigenvalue weighted by molar-refractivity contribution is 5.84. The summed E-state index contributed by atoms with van der Waals surface area (Å²) in [6.45, 7) is 11.0. The Morgan fingerprint density at radius 2 is 1.91 bits per heavy atom. The third kappa shape index (κ3) is 3.27. The second kappa shape index (κ2) is 5.79. The predicted octanol–water partition coefficient (Wildman–Crippen LogP) is 5.11. The van der Waals surface area contributed by atoms with Crippen molar-refractivity contribution in [2.45, 2.75) is 33.3 Å². The molecule has 116 valence electrons. The van der Waals surface area contributed by atoms with Crippen LogP contribution in [0.5, 0.6) is 0 Å². The molecule has 0 aliphatic heterocycles. The number of hydrogen-bond acceptors (Lipinski definition) is 2. The average molecular weight is 301 g/mol. The SMILES string of the molecule is C=C(C)c1cccc(F)c1-c1cccn1C(=O)OC(C)(C)C. The van der Waals surface area contributed by atoms with Gasteiger partial charge in [0.15, 0.2) is 0 Å². The summed E-state index contributed by atoms with van der Waals surface area (Å²) in [5.74, 6) is -0.399. The van der Waals surface area contributed by atoms with Gasteiger partial charge in [0, 0.05) is 11.8 Å². The van der Waals surface area contributed by atoms with E-state index in [1.165, 1.54) is 10.6 Å². The molecule has 0 aliphatic rings. The highest BCUT2D eigenvalue weighted by atomic mass is 19.1. The quantitative estimate of drug-likeness (QED) is 0.771. The number of nitrogens with zero attached hydrogens (tertiary/aromatic N) is 1. The van der Waals surface area contributed by atoms with Crippen LogP contribution < -0.4 is 0 Å². The van der Waals surface area contributed by atoms with Gasteiger partial charge in [0.05, 0.1) is 5.69 Å². The maximum absolute atomic E-state index is 14.3. The Morgan fingerprint density at radius 1 is 1.23 bits per heavy atom.